The summed E-state index contributed by atoms with van der Waals surface area (Å²) in [5.41, 5.74) is 1.23. The number of amides is 1. The Morgan fingerprint density at radius 3 is 2.68 bits per heavy atom. The van der Waals surface area contributed by atoms with Gasteiger partial charge in [-0.1, -0.05) is 25.1 Å². The minimum atomic E-state index is -0.528. The molecular formula is C19H18FN3O2. The fourth-order valence-corrected chi connectivity index (χ4v) is 2.16. The largest absolute Gasteiger partial charge is 0.292 e. The molecule has 0 bridgehead atoms. The van der Waals surface area contributed by atoms with Crippen LogP contribution < -0.4 is 0 Å². The molecule has 128 valence electrons. The molecule has 1 aromatic carbocycles. The summed E-state index contributed by atoms with van der Waals surface area (Å²) in [6, 6.07) is 7.81. The third-order valence-corrected chi connectivity index (χ3v) is 3.39. The Balaban J connectivity index is 1.79. The van der Waals surface area contributed by atoms with E-state index in [4.69, 9.17) is 0 Å². The van der Waals surface area contributed by atoms with E-state index in [0.717, 1.165) is 12.0 Å². The average Bonchev–Trinajstić information content (AvgIpc) is 2.61. The van der Waals surface area contributed by atoms with Crippen molar-refractivity contribution in [2.45, 2.75) is 19.8 Å². The van der Waals surface area contributed by atoms with Crippen molar-refractivity contribution in [1.82, 2.24) is 9.97 Å². The third kappa shape index (κ3) is 6.55. The van der Waals surface area contributed by atoms with Crippen molar-refractivity contribution in [2.75, 3.05) is 0 Å². The standard InChI is InChI=1S/C19H18FN3O2/c1-14(11-15-4-6-16(20)7-5-15)3-2-9-22-19(25)12-18(24)17-8-10-21-13-23-17/h2-10,13-14H,11-12H2,1H3/b3-2-,22-9+. The molecule has 0 N–H and O–H groups in total. The van der Waals surface area contributed by atoms with Gasteiger partial charge in [-0.15, -0.1) is 0 Å². The molecule has 2 rings (SSSR count). The van der Waals surface area contributed by atoms with Gasteiger partial charge in [-0.05, 0) is 42.2 Å². The van der Waals surface area contributed by atoms with Crippen molar-refractivity contribution in [3.8, 4) is 0 Å². The number of benzene rings is 1. The fraction of sp³-hybridized carbons (Fsp3) is 0.211. The van der Waals surface area contributed by atoms with Gasteiger partial charge in [0.05, 0.1) is 6.42 Å². The number of nitrogens with zero attached hydrogens (tertiary/aromatic N) is 3. The van der Waals surface area contributed by atoms with Crippen LogP contribution in [0.15, 0.2) is 60.0 Å². The van der Waals surface area contributed by atoms with E-state index in [-0.39, 0.29) is 23.8 Å². The Labute approximate surface area is 145 Å². The molecule has 6 heteroatoms. The highest BCUT2D eigenvalue weighted by molar-refractivity contribution is 6.08. The quantitative estimate of drug-likeness (QED) is 0.441. The molecule has 25 heavy (non-hydrogen) atoms. The first-order valence-corrected chi connectivity index (χ1v) is 7.82. The van der Waals surface area contributed by atoms with E-state index in [1.165, 1.54) is 36.9 Å². The van der Waals surface area contributed by atoms with Gasteiger partial charge in [-0.2, -0.15) is 0 Å². The fourth-order valence-electron chi connectivity index (χ4n) is 2.16. The smallest absolute Gasteiger partial charge is 0.253 e. The lowest BCUT2D eigenvalue weighted by Crippen LogP contribution is -2.08. The molecule has 0 aliphatic rings. The Morgan fingerprint density at radius 1 is 1.24 bits per heavy atom. The summed E-state index contributed by atoms with van der Waals surface area (Å²) < 4.78 is 12.9. The number of rotatable bonds is 7. The second-order valence-electron chi connectivity index (χ2n) is 5.56. The zero-order valence-electron chi connectivity index (χ0n) is 13.8. The van der Waals surface area contributed by atoms with Gasteiger partial charge < -0.3 is 0 Å². The second kappa shape index (κ2) is 9.32. The van der Waals surface area contributed by atoms with Gasteiger partial charge in [0.1, 0.15) is 17.8 Å². The van der Waals surface area contributed by atoms with Crippen molar-refractivity contribution in [3.05, 3.63) is 72.1 Å². The summed E-state index contributed by atoms with van der Waals surface area (Å²) in [5.74, 6) is -0.971. The summed E-state index contributed by atoms with van der Waals surface area (Å²) >= 11 is 0. The number of hydrogen-bond acceptors (Lipinski definition) is 4. The SMILES string of the molecule is CC(/C=C\C=N\C(=O)CC(=O)c1ccncn1)Cc1ccc(F)cc1. The Bertz CT molecular complexity index is 771. The van der Waals surface area contributed by atoms with Gasteiger partial charge in [0.25, 0.3) is 5.91 Å². The van der Waals surface area contributed by atoms with Gasteiger partial charge in [-0.3, -0.25) is 9.59 Å². The zero-order chi connectivity index (χ0) is 18.1. The van der Waals surface area contributed by atoms with Crippen LogP contribution in [0, 0.1) is 11.7 Å². The van der Waals surface area contributed by atoms with E-state index in [0.29, 0.717) is 0 Å². The average molecular weight is 339 g/mol. The zero-order valence-corrected chi connectivity index (χ0v) is 13.8. The van der Waals surface area contributed by atoms with E-state index >= 15 is 0 Å². The number of carbonyl (C=O) groups excluding carboxylic acids is 2. The maximum Gasteiger partial charge on any atom is 0.253 e. The summed E-state index contributed by atoms with van der Waals surface area (Å²) in [6.07, 6.45) is 8.06. The molecule has 1 atom stereocenters. The molecule has 0 saturated heterocycles. The van der Waals surface area contributed by atoms with E-state index in [9.17, 15) is 14.0 Å². The maximum absolute atomic E-state index is 12.9. The van der Waals surface area contributed by atoms with E-state index < -0.39 is 11.7 Å². The van der Waals surface area contributed by atoms with Gasteiger partial charge in [-0.25, -0.2) is 19.4 Å². The molecule has 2 aromatic rings. The number of aliphatic imine (C=N–C) groups is 1. The van der Waals surface area contributed by atoms with Crippen molar-refractivity contribution < 1.29 is 14.0 Å². The minimum absolute atomic E-state index is 0.196. The van der Waals surface area contributed by atoms with E-state index in [1.807, 2.05) is 13.0 Å². The minimum Gasteiger partial charge on any atom is -0.292 e. The molecule has 1 amide bonds. The Morgan fingerprint density at radius 2 is 2.00 bits per heavy atom. The molecule has 0 aliphatic carbocycles. The highest BCUT2D eigenvalue weighted by Gasteiger charge is 2.11. The van der Waals surface area contributed by atoms with Gasteiger partial charge in [0.2, 0.25) is 0 Å². The first kappa shape index (κ1) is 18.3. The summed E-state index contributed by atoms with van der Waals surface area (Å²) in [7, 11) is 0. The van der Waals surface area contributed by atoms with Crippen molar-refractivity contribution in [3.63, 3.8) is 0 Å². The third-order valence-electron chi connectivity index (χ3n) is 3.39. The summed E-state index contributed by atoms with van der Waals surface area (Å²) in [4.78, 5) is 34.7. The molecule has 1 heterocycles. The molecule has 0 saturated carbocycles. The van der Waals surface area contributed by atoms with Crippen LogP contribution in [0.1, 0.15) is 29.4 Å². The van der Waals surface area contributed by atoms with Crippen LogP contribution in [0.2, 0.25) is 0 Å². The van der Waals surface area contributed by atoms with Gasteiger partial charge in [0.15, 0.2) is 5.78 Å². The molecule has 1 unspecified atom stereocenters. The molecular weight excluding hydrogens is 321 g/mol. The lowest BCUT2D eigenvalue weighted by Gasteiger charge is -2.05. The second-order valence-corrected chi connectivity index (χ2v) is 5.56. The van der Waals surface area contributed by atoms with Crippen LogP contribution in [0.3, 0.4) is 0 Å². The van der Waals surface area contributed by atoms with Crippen LogP contribution in [-0.4, -0.2) is 27.9 Å². The number of aromatic nitrogens is 2. The normalized spacial score (nSPS) is 12.6. The first-order valence-electron chi connectivity index (χ1n) is 7.82. The van der Waals surface area contributed by atoms with Crippen LogP contribution in [0.25, 0.3) is 0 Å². The number of carbonyl (C=O) groups is 2. The van der Waals surface area contributed by atoms with E-state index in [1.54, 1.807) is 18.2 Å². The summed E-state index contributed by atoms with van der Waals surface area (Å²) in [6.45, 7) is 2.01. The van der Waals surface area contributed by atoms with Crippen LogP contribution in [0.4, 0.5) is 4.39 Å². The maximum atomic E-state index is 12.9. The summed E-state index contributed by atoms with van der Waals surface area (Å²) in [5, 5.41) is 0. The molecule has 0 aliphatic heterocycles. The van der Waals surface area contributed by atoms with Crippen LogP contribution in [0.5, 0.6) is 0 Å². The van der Waals surface area contributed by atoms with Crippen LogP contribution >= 0.6 is 0 Å². The molecule has 0 spiro atoms. The lowest BCUT2D eigenvalue weighted by atomic mass is 10.0. The highest BCUT2D eigenvalue weighted by atomic mass is 19.1. The predicted octanol–water partition coefficient (Wildman–Crippen LogP) is 3.22. The molecule has 5 nitrogen and oxygen atoms in total. The number of allylic oxidation sites excluding steroid dienone is 2. The number of halogens is 1. The van der Waals surface area contributed by atoms with Crippen LogP contribution in [-0.2, 0) is 11.2 Å². The number of ketones is 1. The number of Topliss-reactive ketones (excluding diaryl/α,β-unsaturated/α-hetero) is 1. The van der Waals surface area contributed by atoms with Crippen molar-refractivity contribution >= 4 is 17.9 Å². The predicted molar refractivity (Wildman–Crippen MR) is 92.9 cm³/mol. The topological polar surface area (TPSA) is 72.3 Å². The van der Waals surface area contributed by atoms with Crippen molar-refractivity contribution in [1.29, 1.82) is 0 Å². The van der Waals surface area contributed by atoms with Gasteiger partial charge in [0, 0.05) is 12.4 Å². The number of hydrogen-bond donors (Lipinski definition) is 0. The molecule has 1 aromatic heterocycles. The molecule has 0 radical (unpaired) electrons. The Hall–Kier alpha value is -3.02. The lowest BCUT2D eigenvalue weighted by molar-refractivity contribution is -0.116. The first-order chi connectivity index (χ1) is 12.0. The monoisotopic (exact) mass is 339 g/mol. The Kier molecular flexibility index (Phi) is 6.83. The molecule has 0 fully saturated rings. The van der Waals surface area contributed by atoms with E-state index in [2.05, 4.69) is 15.0 Å². The van der Waals surface area contributed by atoms with Gasteiger partial charge >= 0.3 is 0 Å². The van der Waals surface area contributed by atoms with Crippen molar-refractivity contribution in [2.24, 2.45) is 10.9 Å². The highest BCUT2D eigenvalue weighted by Crippen LogP contribution is 2.10.